The van der Waals surface area contributed by atoms with Gasteiger partial charge in [-0.3, -0.25) is 13.9 Å². The Morgan fingerprint density at radius 1 is 1.02 bits per heavy atom. The van der Waals surface area contributed by atoms with Crippen LogP contribution < -0.4 is 10.2 Å². The van der Waals surface area contributed by atoms with E-state index in [0.29, 0.717) is 77.1 Å². The molecule has 4 rings (SSSR count). The Labute approximate surface area is 285 Å². The Morgan fingerprint density at radius 3 is 2.29 bits per heavy atom. The van der Waals surface area contributed by atoms with Gasteiger partial charge in [0.2, 0.25) is 11.2 Å². The first-order valence-corrected chi connectivity index (χ1v) is 18.9. The second-order valence-corrected chi connectivity index (χ2v) is 15.2. The molecule has 2 fully saturated rings. The van der Waals surface area contributed by atoms with E-state index in [9.17, 15) is 29.0 Å². The Bertz CT molecular complexity index is 1540. The highest BCUT2D eigenvalue weighted by Crippen LogP contribution is 2.55. The molecule has 0 bridgehead atoms. The van der Waals surface area contributed by atoms with Crippen LogP contribution in [0.25, 0.3) is 11.0 Å². The fourth-order valence-electron chi connectivity index (χ4n) is 4.84. The zero-order chi connectivity index (χ0) is 35.6. The Kier molecular flexibility index (Phi) is 14.7. The number of halogens is 1. The molecule has 0 saturated carbocycles. The van der Waals surface area contributed by atoms with Gasteiger partial charge in [-0.25, -0.2) is 4.68 Å². The van der Waals surface area contributed by atoms with E-state index in [1.165, 1.54) is 6.20 Å². The molecule has 20 nitrogen and oxygen atoms in total. The highest BCUT2D eigenvalue weighted by atomic mass is 35.5. The maximum atomic E-state index is 12.6. The van der Waals surface area contributed by atoms with Gasteiger partial charge in [0.1, 0.15) is 30.7 Å². The highest BCUT2D eigenvalue weighted by Gasteiger charge is 2.46. The quantitative estimate of drug-likeness (QED) is 0.0374. The number of nitrogens with zero attached hydrogens (tertiary/aromatic N) is 5. The van der Waals surface area contributed by atoms with Crippen LogP contribution in [0, 0.1) is 18.3 Å². The van der Waals surface area contributed by atoms with Gasteiger partial charge in [0, 0.05) is 19.6 Å². The average molecular weight is 757 g/mol. The van der Waals surface area contributed by atoms with Gasteiger partial charge in [0.25, 0.3) is 0 Å². The fourth-order valence-corrected chi connectivity index (χ4v) is 7.57. The Hall–Kier alpha value is -2.31. The number of fused-ring (bicyclic) bond motifs is 1. The first kappa shape index (κ1) is 39.5. The molecule has 49 heavy (non-hydrogen) atoms. The van der Waals surface area contributed by atoms with Gasteiger partial charge in [-0.2, -0.15) is 15.1 Å². The molecule has 5 atom stereocenters. The smallest absolute Gasteiger partial charge is 0.340 e. The van der Waals surface area contributed by atoms with Gasteiger partial charge >= 0.3 is 15.2 Å². The zero-order valence-electron chi connectivity index (χ0n) is 26.2. The molecule has 2 saturated heterocycles. The number of ether oxygens (including phenoxy) is 5. The molecule has 4 heterocycles. The molecule has 0 aromatic carbocycles. The van der Waals surface area contributed by atoms with E-state index in [1.54, 1.807) is 4.90 Å². The van der Waals surface area contributed by atoms with Crippen molar-refractivity contribution in [2.45, 2.75) is 24.5 Å². The van der Waals surface area contributed by atoms with E-state index < -0.39 is 52.2 Å². The summed E-state index contributed by atoms with van der Waals surface area (Å²) in [6.45, 7) is 3.18. The number of carbonyl (C=O) groups is 1. The van der Waals surface area contributed by atoms with Gasteiger partial charge in [0.05, 0.1) is 70.4 Å². The first-order chi connectivity index (χ1) is 23.3. The van der Waals surface area contributed by atoms with Crippen molar-refractivity contribution in [1.82, 2.24) is 25.1 Å². The number of terminal acetylenes is 1. The van der Waals surface area contributed by atoms with Crippen LogP contribution in [0.1, 0.15) is 6.23 Å². The summed E-state index contributed by atoms with van der Waals surface area (Å²) in [6, 6.07) is 0. The summed E-state index contributed by atoms with van der Waals surface area (Å²) in [5, 5.41) is 28.4. The van der Waals surface area contributed by atoms with E-state index in [2.05, 4.69) is 26.3 Å². The predicted molar refractivity (Wildman–Crippen MR) is 170 cm³/mol. The molecule has 6 N–H and O–H groups in total. The fraction of sp³-hybridized carbons (Fsp3) is 0.692. The normalized spacial score (nSPS) is 22.6. The van der Waals surface area contributed by atoms with E-state index in [0.717, 1.165) is 4.68 Å². The van der Waals surface area contributed by atoms with Crippen molar-refractivity contribution in [3.8, 4) is 12.3 Å². The SMILES string of the molecule is C#CCOCCOCCOCCOCCNC(=O)C1CN(c2nc(Cl)nc3c2cnn3[C@@H]2O[C@H](COP(=O)(O)CP(=O)(O)O)[C@@H](O)[C@H]2O)C1. The lowest BCUT2D eigenvalue weighted by molar-refractivity contribution is -0.126. The largest absolute Gasteiger partial charge is 0.387 e. The molecule has 2 aliphatic heterocycles. The second kappa shape index (κ2) is 18.3. The van der Waals surface area contributed by atoms with Crippen molar-refractivity contribution in [1.29, 1.82) is 0 Å². The van der Waals surface area contributed by atoms with Gasteiger partial charge in [-0.15, -0.1) is 6.42 Å². The number of anilines is 1. The number of aromatic nitrogens is 4. The number of hydrogen-bond acceptors (Lipinski definition) is 15. The number of carbonyl (C=O) groups excluding carboxylic acids is 1. The lowest BCUT2D eigenvalue weighted by Crippen LogP contribution is -2.54. The van der Waals surface area contributed by atoms with E-state index in [-0.39, 0.29) is 29.4 Å². The summed E-state index contributed by atoms with van der Waals surface area (Å²) in [6.07, 6.45) is 0.560. The van der Waals surface area contributed by atoms with Crippen LogP contribution >= 0.6 is 26.8 Å². The number of aliphatic hydroxyl groups is 2. The van der Waals surface area contributed by atoms with Crippen LogP contribution in [0.15, 0.2) is 6.20 Å². The van der Waals surface area contributed by atoms with E-state index >= 15 is 0 Å². The molecular formula is C26H39ClN6O14P2. The van der Waals surface area contributed by atoms with Crippen molar-refractivity contribution in [3.05, 3.63) is 11.5 Å². The third-order valence-electron chi connectivity index (χ3n) is 7.19. The zero-order valence-corrected chi connectivity index (χ0v) is 28.7. The average Bonchev–Trinajstić information content (AvgIpc) is 3.54. The lowest BCUT2D eigenvalue weighted by atomic mass is 9.99. The summed E-state index contributed by atoms with van der Waals surface area (Å²) in [5.74, 6) is 0.826. The number of nitrogens with one attached hydrogen (secondary N) is 1. The van der Waals surface area contributed by atoms with Crippen LogP contribution in [0.4, 0.5) is 5.82 Å². The maximum absolute atomic E-state index is 12.6. The van der Waals surface area contributed by atoms with Crippen molar-refractivity contribution in [3.63, 3.8) is 0 Å². The molecule has 0 spiro atoms. The van der Waals surface area contributed by atoms with Crippen molar-refractivity contribution in [2.24, 2.45) is 5.92 Å². The van der Waals surface area contributed by atoms with Gasteiger partial charge in [0.15, 0.2) is 17.8 Å². The summed E-state index contributed by atoms with van der Waals surface area (Å²) >= 11 is 6.20. The standard InChI is InChI=1S/C26H39ClN6O14P2/c1-2-4-42-6-8-44-10-11-45-9-7-43-5-3-28-24(36)17-13-32(14-17)22-18-12-29-33(23(18)31-26(27)30-22)25-21(35)20(34)19(47-25)15-46-49(40,41)16-48(37,38)39/h1,12,17,19-21,25,34-35H,3-11,13-16H2,(H,28,36)(H,40,41)(H2,37,38,39)/t19-,20-,21-,25-/m1/s1. The van der Waals surface area contributed by atoms with Gasteiger partial charge in [-0.05, 0) is 11.6 Å². The maximum Gasteiger partial charge on any atom is 0.340 e. The van der Waals surface area contributed by atoms with Crippen LogP contribution in [0.2, 0.25) is 5.28 Å². The molecule has 0 radical (unpaired) electrons. The number of hydrogen-bond donors (Lipinski definition) is 6. The first-order valence-electron chi connectivity index (χ1n) is 15.0. The van der Waals surface area contributed by atoms with Gasteiger partial charge in [-0.1, -0.05) is 5.92 Å². The third-order valence-corrected chi connectivity index (χ3v) is 10.8. The minimum Gasteiger partial charge on any atom is -0.387 e. The molecule has 274 valence electrons. The highest BCUT2D eigenvalue weighted by molar-refractivity contribution is 7.70. The van der Waals surface area contributed by atoms with Crippen molar-refractivity contribution < 1.29 is 67.0 Å². The van der Waals surface area contributed by atoms with Crippen LogP contribution in [-0.4, -0.2) is 154 Å². The molecule has 23 heteroatoms. The predicted octanol–water partition coefficient (Wildman–Crippen LogP) is -1.31. The number of aliphatic hydroxyl groups excluding tert-OH is 2. The molecule has 2 aromatic rings. The molecule has 2 aromatic heterocycles. The molecular weight excluding hydrogens is 718 g/mol. The van der Waals surface area contributed by atoms with Crippen LogP contribution in [0.5, 0.6) is 0 Å². The number of amides is 1. The molecule has 1 unspecified atom stereocenters. The Morgan fingerprint density at radius 2 is 1.65 bits per heavy atom. The van der Waals surface area contributed by atoms with Crippen LogP contribution in [0.3, 0.4) is 0 Å². The monoisotopic (exact) mass is 756 g/mol. The summed E-state index contributed by atoms with van der Waals surface area (Å²) in [5.41, 5.74) is 0.134. The van der Waals surface area contributed by atoms with Crippen LogP contribution in [-0.2, 0) is 42.1 Å². The van der Waals surface area contributed by atoms with E-state index in [1.807, 2.05) is 0 Å². The topological polar surface area (TPSA) is 267 Å². The number of rotatable bonds is 21. The van der Waals surface area contributed by atoms with Crippen molar-refractivity contribution in [2.75, 3.05) is 89.9 Å². The summed E-state index contributed by atoms with van der Waals surface area (Å²) < 4.78 is 55.9. The lowest BCUT2D eigenvalue weighted by Gasteiger charge is -2.39. The minimum atomic E-state index is -4.87. The summed E-state index contributed by atoms with van der Waals surface area (Å²) in [7, 11) is -9.61. The second-order valence-electron chi connectivity index (χ2n) is 10.9. The minimum absolute atomic E-state index is 0.134. The Balaban J connectivity index is 1.20. The van der Waals surface area contributed by atoms with Crippen molar-refractivity contribution >= 4 is 49.6 Å². The molecule has 0 aliphatic carbocycles. The third kappa shape index (κ3) is 11.6. The molecule has 1 amide bonds. The van der Waals surface area contributed by atoms with E-state index in [4.69, 9.17) is 56.0 Å². The summed E-state index contributed by atoms with van der Waals surface area (Å²) in [4.78, 5) is 50.6. The molecule has 2 aliphatic rings. The van der Waals surface area contributed by atoms with Gasteiger partial charge < -0.3 is 63.3 Å².